The molecule has 0 unspecified atom stereocenters. The van der Waals surface area contributed by atoms with Gasteiger partial charge in [-0.15, -0.1) is 0 Å². The van der Waals surface area contributed by atoms with Crippen LogP contribution in [0.15, 0.2) is 70.8 Å². The van der Waals surface area contributed by atoms with Gasteiger partial charge in [-0.3, -0.25) is 24.1 Å². The van der Waals surface area contributed by atoms with Crippen molar-refractivity contribution in [3.05, 3.63) is 87.0 Å². The molecule has 1 heterocycles. The van der Waals surface area contributed by atoms with Crippen molar-refractivity contribution in [2.45, 2.75) is 25.7 Å². The number of carbonyl (C=O) groups is 5. The number of carboxylic acid groups (broad SMARTS) is 1. The number of hydrogen-bond acceptors (Lipinski definition) is 7. The minimum absolute atomic E-state index is 0.00336. The lowest BCUT2D eigenvalue weighted by atomic mass is 9.59. The van der Waals surface area contributed by atoms with Crippen LogP contribution >= 0.6 is 11.6 Å². The van der Waals surface area contributed by atoms with Crippen molar-refractivity contribution in [1.82, 2.24) is 0 Å². The number of rotatable bonds is 4. The summed E-state index contributed by atoms with van der Waals surface area (Å²) in [5, 5.41) is 19.8. The highest BCUT2D eigenvalue weighted by molar-refractivity contribution is 6.32. The molecule has 6 rings (SSSR count). The minimum atomic E-state index is -1.19. The van der Waals surface area contributed by atoms with E-state index in [-0.39, 0.29) is 57.8 Å². The normalized spacial score (nSPS) is 25.4. The molecule has 3 aliphatic carbocycles. The Kier molecular flexibility index (Phi) is 6.22. The number of benzene rings is 2. The molecule has 2 N–H and O–H groups in total. The van der Waals surface area contributed by atoms with Gasteiger partial charge < -0.3 is 14.9 Å². The number of amides is 2. The minimum Gasteiger partial charge on any atom is -0.503 e. The molecule has 4 aliphatic rings. The highest BCUT2D eigenvalue weighted by Crippen LogP contribution is 2.56. The number of phenolic OH excluding ortho intramolecular Hbond substituents is 1. The number of nitrogens with zero attached hydrogens (tertiary/aromatic N) is 1. The molecular formula is C31H24ClNO8. The fraction of sp³-hybridized carbons (Fsp3) is 0.258. The molecule has 0 aromatic heterocycles. The smallest absolute Gasteiger partial charge is 0.335 e. The van der Waals surface area contributed by atoms with E-state index >= 15 is 0 Å². The first kappa shape index (κ1) is 26.7. The lowest BCUT2D eigenvalue weighted by Gasteiger charge is -2.42. The lowest BCUT2D eigenvalue weighted by Crippen LogP contribution is -2.39. The molecule has 1 saturated heterocycles. The Labute approximate surface area is 239 Å². The summed E-state index contributed by atoms with van der Waals surface area (Å²) in [6, 6.07) is 8.72. The van der Waals surface area contributed by atoms with Gasteiger partial charge in [-0.25, -0.2) is 4.79 Å². The summed E-state index contributed by atoms with van der Waals surface area (Å²) in [6.07, 6.45) is 3.47. The first-order valence-corrected chi connectivity index (χ1v) is 13.4. The van der Waals surface area contributed by atoms with Gasteiger partial charge in [0.2, 0.25) is 11.8 Å². The number of ether oxygens (including phenoxy) is 1. The summed E-state index contributed by atoms with van der Waals surface area (Å²) < 4.78 is 5.31. The van der Waals surface area contributed by atoms with Crippen molar-refractivity contribution in [2.75, 3.05) is 12.0 Å². The first-order chi connectivity index (χ1) is 19.5. The fourth-order valence-corrected chi connectivity index (χ4v) is 6.91. The summed E-state index contributed by atoms with van der Waals surface area (Å²) in [5.74, 6) is -5.79. The average molecular weight is 574 g/mol. The first-order valence-electron chi connectivity index (χ1n) is 13.0. The van der Waals surface area contributed by atoms with Crippen molar-refractivity contribution >= 4 is 46.6 Å². The molecule has 4 atom stereocenters. The molecular weight excluding hydrogens is 550 g/mol. The molecule has 0 radical (unpaired) electrons. The Morgan fingerprint density at radius 2 is 1.83 bits per heavy atom. The van der Waals surface area contributed by atoms with Crippen LogP contribution in [0.5, 0.6) is 11.5 Å². The molecule has 2 aromatic rings. The van der Waals surface area contributed by atoms with E-state index in [1.165, 1.54) is 43.5 Å². The van der Waals surface area contributed by atoms with Gasteiger partial charge >= 0.3 is 5.97 Å². The van der Waals surface area contributed by atoms with Gasteiger partial charge in [0.05, 0.1) is 35.2 Å². The second kappa shape index (κ2) is 9.55. The van der Waals surface area contributed by atoms with Crippen molar-refractivity contribution < 1.29 is 38.9 Å². The third kappa shape index (κ3) is 3.94. The van der Waals surface area contributed by atoms with Gasteiger partial charge in [0.25, 0.3) is 0 Å². The second-order valence-electron chi connectivity index (χ2n) is 10.6. The molecule has 2 aromatic carbocycles. The summed E-state index contributed by atoms with van der Waals surface area (Å²) in [6.45, 7) is 1.57. The third-order valence-electron chi connectivity index (χ3n) is 8.52. The highest BCUT2D eigenvalue weighted by atomic mass is 35.5. The predicted molar refractivity (Wildman–Crippen MR) is 147 cm³/mol. The van der Waals surface area contributed by atoms with Crippen LogP contribution in [-0.2, 0) is 19.2 Å². The van der Waals surface area contributed by atoms with Crippen LogP contribution in [-0.4, -0.2) is 46.7 Å². The fourth-order valence-electron chi connectivity index (χ4n) is 6.69. The van der Waals surface area contributed by atoms with Crippen LogP contribution in [0.4, 0.5) is 5.69 Å². The molecule has 9 nitrogen and oxygen atoms in total. The van der Waals surface area contributed by atoms with Crippen LogP contribution < -0.4 is 9.64 Å². The van der Waals surface area contributed by atoms with E-state index in [1.54, 1.807) is 13.0 Å². The number of methoxy groups -OCH3 is 1. The predicted octanol–water partition coefficient (Wildman–Crippen LogP) is 4.39. The van der Waals surface area contributed by atoms with Crippen LogP contribution in [0.2, 0.25) is 5.02 Å². The Hall–Kier alpha value is -4.50. The lowest BCUT2D eigenvalue weighted by molar-refractivity contribution is -0.123. The number of aromatic hydroxyl groups is 1. The molecule has 41 heavy (non-hydrogen) atoms. The van der Waals surface area contributed by atoms with E-state index < -0.39 is 41.5 Å². The largest absolute Gasteiger partial charge is 0.503 e. The standard InChI is InChI=1S/C31H24ClNO8/c1-13-8-22(34)20-12-19-17(24(26(20)27(13)35)15-10-21(32)28(36)23(11-15)41-2)6-7-18-25(19)30(38)33(29(18)37)16-5-3-4-14(9-16)31(39)40/h3-6,8-11,18-19,24-25,36H,7,12H2,1-2H3,(H,39,40)/t18-,19+,24-,25-/m0/s1. The van der Waals surface area contributed by atoms with E-state index in [2.05, 4.69) is 0 Å². The number of anilines is 1. The Morgan fingerprint density at radius 1 is 1.07 bits per heavy atom. The second-order valence-corrected chi connectivity index (χ2v) is 11.1. The van der Waals surface area contributed by atoms with E-state index in [9.17, 15) is 34.2 Å². The van der Waals surface area contributed by atoms with Crippen molar-refractivity contribution in [2.24, 2.45) is 17.8 Å². The van der Waals surface area contributed by atoms with E-state index in [4.69, 9.17) is 16.3 Å². The quantitative estimate of drug-likeness (QED) is 0.312. The zero-order valence-electron chi connectivity index (χ0n) is 22.0. The summed E-state index contributed by atoms with van der Waals surface area (Å²) in [7, 11) is 1.37. The number of ketones is 2. The van der Waals surface area contributed by atoms with Gasteiger partial charge in [-0.05, 0) is 67.7 Å². The maximum Gasteiger partial charge on any atom is 0.335 e. The number of phenols is 1. The van der Waals surface area contributed by atoms with Gasteiger partial charge in [0.1, 0.15) is 0 Å². The van der Waals surface area contributed by atoms with Crippen molar-refractivity contribution in [3.8, 4) is 11.5 Å². The zero-order chi connectivity index (χ0) is 29.3. The molecule has 0 bridgehead atoms. The van der Waals surface area contributed by atoms with Crippen LogP contribution in [0.25, 0.3) is 0 Å². The van der Waals surface area contributed by atoms with Gasteiger partial charge in [-0.1, -0.05) is 29.3 Å². The number of aromatic carboxylic acids is 1. The monoisotopic (exact) mass is 573 g/mol. The SMILES string of the molecule is COc1cc([C@H]2C3=CC[C@@H]4C(=O)N(c5cccc(C(=O)O)c5)C(=O)[C@@H]4[C@@H]3CC3=C2C(=O)C(C)=CC3=O)cc(Cl)c1O. The number of halogens is 1. The molecule has 208 valence electrons. The molecule has 0 saturated carbocycles. The van der Waals surface area contributed by atoms with E-state index in [0.717, 1.165) is 4.90 Å². The molecule has 10 heteroatoms. The number of carboxylic acids is 1. The van der Waals surface area contributed by atoms with Crippen molar-refractivity contribution in [3.63, 3.8) is 0 Å². The summed E-state index contributed by atoms with van der Waals surface area (Å²) >= 11 is 6.34. The number of allylic oxidation sites excluding steroid dienone is 6. The number of carbonyl (C=O) groups excluding carboxylic acids is 4. The Balaban J connectivity index is 1.49. The van der Waals surface area contributed by atoms with Crippen LogP contribution in [0, 0.1) is 17.8 Å². The number of hydrogen-bond donors (Lipinski definition) is 2. The summed E-state index contributed by atoms with van der Waals surface area (Å²) in [4.78, 5) is 67.0. The summed E-state index contributed by atoms with van der Waals surface area (Å²) in [5.41, 5.74) is 2.19. The van der Waals surface area contributed by atoms with Gasteiger partial charge in [0.15, 0.2) is 23.1 Å². The van der Waals surface area contributed by atoms with E-state index in [0.29, 0.717) is 22.3 Å². The topological polar surface area (TPSA) is 138 Å². The molecule has 0 spiro atoms. The molecule has 1 aliphatic heterocycles. The highest BCUT2D eigenvalue weighted by Gasteiger charge is 2.56. The van der Waals surface area contributed by atoms with E-state index in [1.807, 2.05) is 6.08 Å². The number of fused-ring (bicyclic) bond motifs is 3. The number of imide groups is 1. The van der Waals surface area contributed by atoms with Crippen molar-refractivity contribution in [1.29, 1.82) is 0 Å². The number of Topliss-reactive ketones (excluding diaryl/α,β-unsaturated/α-hetero) is 1. The average Bonchev–Trinajstić information content (AvgIpc) is 3.21. The van der Waals surface area contributed by atoms with Crippen LogP contribution in [0.3, 0.4) is 0 Å². The van der Waals surface area contributed by atoms with Gasteiger partial charge in [-0.2, -0.15) is 0 Å². The van der Waals surface area contributed by atoms with Gasteiger partial charge in [0, 0.05) is 22.6 Å². The molecule has 1 fully saturated rings. The maximum atomic E-state index is 14.0. The third-order valence-corrected chi connectivity index (χ3v) is 8.81. The Bertz CT molecular complexity index is 1700. The molecule has 2 amide bonds. The maximum absolute atomic E-state index is 14.0. The zero-order valence-corrected chi connectivity index (χ0v) is 22.8. The Morgan fingerprint density at radius 3 is 2.54 bits per heavy atom. The van der Waals surface area contributed by atoms with Crippen LogP contribution in [0.1, 0.15) is 41.6 Å².